The quantitative estimate of drug-likeness (QED) is 0.463. The van der Waals surface area contributed by atoms with Crippen molar-refractivity contribution in [1.82, 2.24) is 0 Å². The summed E-state index contributed by atoms with van der Waals surface area (Å²) in [6, 6.07) is 0. The molecule has 1 nitrogen and oxygen atoms in total. The van der Waals surface area contributed by atoms with Crippen LogP contribution in [0.5, 0.6) is 0 Å². The van der Waals surface area contributed by atoms with E-state index in [1.54, 1.807) is 0 Å². The zero-order valence-corrected chi connectivity index (χ0v) is 5.15. The van der Waals surface area contributed by atoms with E-state index in [1.807, 2.05) is 13.8 Å². The Kier molecular flexibility index (Phi) is 12.2. The minimum atomic E-state index is -0.651. The van der Waals surface area contributed by atoms with E-state index in [9.17, 15) is 0 Å². The molecule has 0 spiro atoms. The van der Waals surface area contributed by atoms with Gasteiger partial charge in [-0.25, -0.2) is 0 Å². The maximum absolute atomic E-state index is 8.28. The topological polar surface area (TPSA) is 20.2 Å². The molecule has 0 aliphatic heterocycles. The molecule has 0 bridgehead atoms. The summed E-state index contributed by atoms with van der Waals surface area (Å²) < 4.78 is 0. The fourth-order valence-electron chi connectivity index (χ4n) is 0. The van der Waals surface area contributed by atoms with Gasteiger partial charge in [-0.1, -0.05) is 13.8 Å². The van der Waals surface area contributed by atoms with Gasteiger partial charge in [0.1, 0.15) is 0 Å². The first-order valence-electron chi connectivity index (χ1n) is 1.88. The van der Waals surface area contributed by atoms with Crippen LogP contribution in [0.1, 0.15) is 13.8 Å². The normalized spacial score (nSPS) is 10.0. The Labute approximate surface area is 83.9 Å². The van der Waals surface area contributed by atoms with Crippen molar-refractivity contribution in [3.05, 3.63) is 0 Å². The molecule has 0 fully saturated rings. The van der Waals surface area contributed by atoms with Gasteiger partial charge >= 0.3 is 51.4 Å². The zero-order valence-electron chi connectivity index (χ0n) is 3.73. The van der Waals surface area contributed by atoms with Crippen molar-refractivity contribution in [2.75, 3.05) is 0 Å². The summed E-state index contributed by atoms with van der Waals surface area (Å²) in [4.78, 5) is 8.28. The molecule has 0 aromatic carbocycles. The van der Waals surface area contributed by atoms with Crippen LogP contribution in [0.3, 0.4) is 0 Å². The maximum atomic E-state index is 8.28. The molecule has 0 radical (unpaired) electrons. The number of hydrogen-bond acceptors (Lipinski definition) is 1. The molecule has 0 saturated heterocycles. The van der Waals surface area contributed by atoms with Crippen molar-refractivity contribution in [3.63, 3.8) is 0 Å². The summed E-state index contributed by atoms with van der Waals surface area (Å²) >= 11 is 0. The summed E-state index contributed by atoms with van der Waals surface area (Å²) in [5.41, 5.74) is 0.579. The van der Waals surface area contributed by atoms with E-state index in [0.29, 0.717) is 5.54 Å². The molecular formula is C3H11KOSi. The first-order chi connectivity index (χ1) is 2.27. The Morgan fingerprint density at radius 2 is 1.67 bits per heavy atom. The van der Waals surface area contributed by atoms with Gasteiger partial charge in [-0.05, 0) is 5.54 Å². The Balaban J connectivity index is 0. The van der Waals surface area contributed by atoms with Crippen LogP contribution in [-0.4, -0.2) is 65.9 Å². The van der Waals surface area contributed by atoms with Gasteiger partial charge in [0.05, 0.1) is 0 Å². The van der Waals surface area contributed by atoms with Crippen molar-refractivity contribution in [2.45, 2.75) is 19.4 Å². The first kappa shape index (κ1) is 10.7. The van der Waals surface area contributed by atoms with E-state index in [-0.39, 0.29) is 51.4 Å². The molecule has 0 amide bonds. The van der Waals surface area contributed by atoms with Crippen LogP contribution in [0.4, 0.5) is 0 Å². The van der Waals surface area contributed by atoms with E-state index < -0.39 is 9.76 Å². The van der Waals surface area contributed by atoms with E-state index in [0.717, 1.165) is 0 Å². The van der Waals surface area contributed by atoms with Gasteiger partial charge in [0, 0.05) is 0 Å². The van der Waals surface area contributed by atoms with Crippen molar-refractivity contribution >= 4 is 61.1 Å². The zero-order chi connectivity index (χ0) is 4.28. The molecule has 6 heavy (non-hydrogen) atoms. The molecule has 34 valence electrons. The average Bonchev–Trinajstić information content (AvgIpc) is 1.38. The van der Waals surface area contributed by atoms with E-state index in [4.69, 9.17) is 4.80 Å². The third-order valence-corrected chi connectivity index (χ3v) is 1.10. The van der Waals surface area contributed by atoms with Crippen LogP contribution in [0.15, 0.2) is 0 Å². The van der Waals surface area contributed by atoms with E-state index >= 15 is 0 Å². The van der Waals surface area contributed by atoms with Crippen LogP contribution in [0.25, 0.3) is 0 Å². The van der Waals surface area contributed by atoms with Crippen LogP contribution < -0.4 is 0 Å². The summed E-state index contributed by atoms with van der Waals surface area (Å²) in [6.45, 7) is 4.07. The van der Waals surface area contributed by atoms with Crippen molar-refractivity contribution in [3.8, 4) is 0 Å². The SMILES string of the molecule is CC(C)[SiH2]O.[KH]. The molecule has 0 rings (SSSR count). The Morgan fingerprint density at radius 3 is 1.67 bits per heavy atom. The summed E-state index contributed by atoms with van der Waals surface area (Å²) in [6.07, 6.45) is 0. The summed E-state index contributed by atoms with van der Waals surface area (Å²) in [5, 5.41) is 0. The van der Waals surface area contributed by atoms with E-state index in [1.165, 1.54) is 0 Å². The average molecular weight is 130 g/mol. The van der Waals surface area contributed by atoms with Crippen molar-refractivity contribution in [2.24, 2.45) is 0 Å². The monoisotopic (exact) mass is 130 g/mol. The molecule has 0 aromatic heterocycles. The third-order valence-electron chi connectivity index (χ3n) is 0.365. The molecule has 1 N–H and O–H groups in total. The third kappa shape index (κ3) is 9.26. The predicted molar refractivity (Wildman–Crippen MR) is 33.0 cm³/mol. The molecule has 3 heteroatoms. The van der Waals surface area contributed by atoms with Crippen molar-refractivity contribution in [1.29, 1.82) is 0 Å². The summed E-state index contributed by atoms with van der Waals surface area (Å²) in [7, 11) is -0.651. The van der Waals surface area contributed by atoms with Crippen LogP contribution in [-0.2, 0) is 0 Å². The molecule has 0 atom stereocenters. The second-order valence-corrected chi connectivity index (χ2v) is 3.57. The van der Waals surface area contributed by atoms with Gasteiger partial charge in [0.25, 0.3) is 0 Å². The molecule has 0 aromatic rings. The molecule has 0 aliphatic rings. The fourth-order valence-corrected chi connectivity index (χ4v) is 0. The minimum absolute atomic E-state index is 0. The van der Waals surface area contributed by atoms with Gasteiger partial charge in [-0.15, -0.1) is 0 Å². The Bertz CT molecular complexity index is 24.8. The second kappa shape index (κ2) is 6.81. The van der Waals surface area contributed by atoms with Gasteiger partial charge in [-0.2, -0.15) is 0 Å². The van der Waals surface area contributed by atoms with Crippen LogP contribution >= 0.6 is 0 Å². The second-order valence-electron chi connectivity index (χ2n) is 1.58. The van der Waals surface area contributed by atoms with Gasteiger partial charge in [0.2, 0.25) is 0 Å². The van der Waals surface area contributed by atoms with Crippen LogP contribution in [0, 0.1) is 0 Å². The van der Waals surface area contributed by atoms with Gasteiger partial charge in [0.15, 0.2) is 9.76 Å². The van der Waals surface area contributed by atoms with Crippen molar-refractivity contribution < 1.29 is 4.80 Å². The number of rotatable bonds is 1. The van der Waals surface area contributed by atoms with Gasteiger partial charge in [-0.3, -0.25) is 0 Å². The standard InChI is InChI=1S/C3H10OSi.K.H/c1-3(2)5-4;;/h3-4H,5H2,1-2H3;;. The van der Waals surface area contributed by atoms with E-state index in [2.05, 4.69) is 0 Å². The molecular weight excluding hydrogens is 119 g/mol. The predicted octanol–water partition coefficient (Wildman–Crippen LogP) is -0.758. The fraction of sp³-hybridized carbons (Fsp3) is 1.00. The van der Waals surface area contributed by atoms with Crippen LogP contribution in [0.2, 0.25) is 5.54 Å². The Hall–Kier alpha value is 1.81. The molecule has 0 unspecified atom stereocenters. The molecule has 0 heterocycles. The first-order valence-corrected chi connectivity index (χ1v) is 3.33. The van der Waals surface area contributed by atoms with Gasteiger partial charge < -0.3 is 4.80 Å². The number of hydrogen-bond donors (Lipinski definition) is 1. The summed E-state index contributed by atoms with van der Waals surface area (Å²) in [5.74, 6) is 0. The Morgan fingerprint density at radius 1 is 1.50 bits per heavy atom. The molecule has 0 saturated carbocycles. The molecule has 0 aliphatic carbocycles.